The number of carboxylic acids is 2. The van der Waals surface area contributed by atoms with Gasteiger partial charge in [0, 0.05) is 37.7 Å². The van der Waals surface area contributed by atoms with Crippen molar-refractivity contribution in [2.24, 2.45) is 5.92 Å². The van der Waals surface area contributed by atoms with E-state index in [1.807, 2.05) is 11.0 Å². The van der Waals surface area contributed by atoms with E-state index in [-0.39, 0.29) is 19.2 Å². The van der Waals surface area contributed by atoms with Crippen molar-refractivity contribution in [3.05, 3.63) is 35.9 Å². The predicted molar refractivity (Wildman–Crippen MR) is 125 cm³/mol. The Kier molecular flexibility index (Phi) is 8.92. The molecule has 1 saturated heterocycles. The van der Waals surface area contributed by atoms with Gasteiger partial charge >= 0.3 is 11.9 Å². The molecule has 2 aliphatic heterocycles. The van der Waals surface area contributed by atoms with Crippen LogP contribution >= 0.6 is 0 Å². The minimum absolute atomic E-state index is 0.0346. The number of amides is 1. The highest BCUT2D eigenvalue weighted by atomic mass is 16.7. The third-order valence-corrected chi connectivity index (χ3v) is 6.45. The molecule has 0 aliphatic carbocycles. The predicted octanol–water partition coefficient (Wildman–Crippen LogP) is 2.95. The van der Waals surface area contributed by atoms with E-state index in [1.165, 1.54) is 6.08 Å². The van der Waals surface area contributed by atoms with Gasteiger partial charge in [0.15, 0.2) is 11.5 Å². The van der Waals surface area contributed by atoms with Crippen molar-refractivity contribution in [1.29, 1.82) is 0 Å². The third kappa shape index (κ3) is 6.08. The fraction of sp³-hybridized carbons (Fsp3) is 0.560. The second-order valence-electron chi connectivity index (χ2n) is 8.79. The Bertz CT molecular complexity index is 909. The number of carbonyl (C=O) groups excluding carboxylic acids is 1. The van der Waals surface area contributed by atoms with Gasteiger partial charge in [-0.2, -0.15) is 0 Å². The molecule has 0 unspecified atom stereocenters. The van der Waals surface area contributed by atoms with Crippen LogP contribution in [0, 0.1) is 5.92 Å². The Morgan fingerprint density at radius 1 is 1.09 bits per heavy atom. The van der Waals surface area contributed by atoms with Crippen LogP contribution in [0.3, 0.4) is 0 Å². The molecular formula is C25H34N2O7. The fourth-order valence-corrected chi connectivity index (χ4v) is 4.65. The van der Waals surface area contributed by atoms with Crippen molar-refractivity contribution in [2.75, 3.05) is 33.0 Å². The van der Waals surface area contributed by atoms with Gasteiger partial charge in [-0.25, -0.2) is 4.79 Å². The number of hydrogen-bond acceptors (Lipinski definition) is 6. The molecule has 1 fully saturated rings. The quantitative estimate of drug-likeness (QED) is 0.444. The largest absolute Gasteiger partial charge is 0.481 e. The molecule has 0 radical (unpaired) electrons. The number of likely N-dealkylation sites (tertiary alicyclic amines) is 1. The zero-order chi connectivity index (χ0) is 24.7. The lowest BCUT2D eigenvalue weighted by Gasteiger charge is -2.28. The summed E-state index contributed by atoms with van der Waals surface area (Å²) in [5.74, 6) is -2.46. The Labute approximate surface area is 199 Å². The highest BCUT2D eigenvalue weighted by Crippen LogP contribution is 2.42. The van der Waals surface area contributed by atoms with Crippen LogP contribution in [0.15, 0.2) is 30.4 Å². The first-order valence-electron chi connectivity index (χ1n) is 11.9. The maximum Gasteiger partial charge on any atom is 0.328 e. The van der Waals surface area contributed by atoms with Crippen LogP contribution in [0.4, 0.5) is 0 Å². The van der Waals surface area contributed by atoms with Crippen molar-refractivity contribution in [3.63, 3.8) is 0 Å². The van der Waals surface area contributed by atoms with E-state index >= 15 is 0 Å². The molecule has 186 valence electrons. The number of carboxylic acid groups (broad SMARTS) is 2. The van der Waals surface area contributed by atoms with Gasteiger partial charge in [-0.15, -0.1) is 0 Å². The van der Waals surface area contributed by atoms with E-state index < -0.39 is 29.8 Å². The minimum atomic E-state index is -1.16. The summed E-state index contributed by atoms with van der Waals surface area (Å²) < 4.78 is 10.8. The number of hydrogen-bond donors (Lipinski definition) is 2. The van der Waals surface area contributed by atoms with Crippen molar-refractivity contribution >= 4 is 17.8 Å². The monoisotopic (exact) mass is 474 g/mol. The highest BCUT2D eigenvalue weighted by Gasteiger charge is 2.46. The molecule has 9 nitrogen and oxygen atoms in total. The van der Waals surface area contributed by atoms with E-state index in [0.717, 1.165) is 37.3 Å². The fourth-order valence-electron chi connectivity index (χ4n) is 4.65. The molecule has 3 atom stereocenters. The van der Waals surface area contributed by atoms with E-state index in [4.69, 9.17) is 9.47 Å². The van der Waals surface area contributed by atoms with Crippen LogP contribution in [0.1, 0.15) is 51.0 Å². The molecule has 2 heterocycles. The number of rotatable bonds is 12. The molecule has 0 spiro atoms. The molecule has 2 aliphatic rings. The van der Waals surface area contributed by atoms with E-state index in [0.29, 0.717) is 31.1 Å². The summed E-state index contributed by atoms with van der Waals surface area (Å²) in [5.41, 5.74) is 0.758. The maximum absolute atomic E-state index is 13.2. The van der Waals surface area contributed by atoms with Crippen LogP contribution in [-0.2, 0) is 14.4 Å². The lowest BCUT2D eigenvalue weighted by atomic mass is 9.85. The van der Waals surface area contributed by atoms with Gasteiger partial charge in [-0.3, -0.25) is 14.5 Å². The average Bonchev–Trinajstić information content (AvgIpc) is 3.41. The van der Waals surface area contributed by atoms with Gasteiger partial charge in [-0.1, -0.05) is 38.8 Å². The molecule has 0 aromatic heterocycles. The molecule has 1 aromatic carbocycles. The van der Waals surface area contributed by atoms with Gasteiger partial charge < -0.3 is 24.6 Å². The first-order chi connectivity index (χ1) is 16.3. The summed E-state index contributed by atoms with van der Waals surface area (Å²) in [6, 6.07) is 4.61. The second-order valence-corrected chi connectivity index (χ2v) is 8.79. The summed E-state index contributed by atoms with van der Waals surface area (Å²) in [6.45, 7) is 5.92. The molecule has 0 saturated carbocycles. The molecule has 3 rings (SSSR count). The topological polar surface area (TPSA) is 117 Å². The zero-order valence-electron chi connectivity index (χ0n) is 19.8. The molecule has 1 amide bonds. The average molecular weight is 475 g/mol. The highest BCUT2D eigenvalue weighted by molar-refractivity contribution is 5.81. The van der Waals surface area contributed by atoms with Crippen LogP contribution in [0.25, 0.3) is 0 Å². The molecule has 2 N–H and O–H groups in total. The summed E-state index contributed by atoms with van der Waals surface area (Å²) >= 11 is 0. The summed E-state index contributed by atoms with van der Waals surface area (Å²) in [6.07, 6.45) is 6.09. The van der Waals surface area contributed by atoms with Crippen LogP contribution < -0.4 is 9.47 Å². The van der Waals surface area contributed by atoms with Gasteiger partial charge in [0.25, 0.3) is 0 Å². The number of carbonyl (C=O) groups is 3. The maximum atomic E-state index is 13.2. The number of aliphatic carboxylic acids is 2. The number of nitrogens with zero attached hydrogens (tertiary/aromatic N) is 2. The lowest BCUT2D eigenvalue weighted by molar-refractivity contribution is -0.143. The van der Waals surface area contributed by atoms with Crippen LogP contribution in [0.2, 0.25) is 0 Å². The van der Waals surface area contributed by atoms with Crippen molar-refractivity contribution in [3.8, 4) is 11.5 Å². The molecule has 1 aromatic rings. The summed E-state index contributed by atoms with van der Waals surface area (Å²) in [5, 5.41) is 19.3. The molecule has 9 heteroatoms. The molecular weight excluding hydrogens is 440 g/mol. The van der Waals surface area contributed by atoms with Gasteiger partial charge in [0.2, 0.25) is 12.7 Å². The smallest absolute Gasteiger partial charge is 0.328 e. The van der Waals surface area contributed by atoms with E-state index in [9.17, 15) is 24.6 Å². The summed E-state index contributed by atoms with van der Waals surface area (Å²) in [7, 11) is 0. The standard InChI is InChI=1S/C25H34N2O7/c1-3-5-11-26(12-6-4-2)22(28)15-27-14-18(17-7-9-20-21(13-17)34-16-33-20)24(25(31)32)19(27)8-10-23(29)30/h7-10,13,18-19,24H,3-6,11-12,14-16H2,1-2H3,(H,29,30)(H,31,32)/t18-,19-,24+/m1/s1. The Morgan fingerprint density at radius 2 is 1.76 bits per heavy atom. The zero-order valence-corrected chi connectivity index (χ0v) is 19.8. The summed E-state index contributed by atoms with van der Waals surface area (Å²) in [4.78, 5) is 40.5. The van der Waals surface area contributed by atoms with Crippen molar-refractivity contribution in [2.45, 2.75) is 51.5 Å². The van der Waals surface area contributed by atoms with Crippen molar-refractivity contribution in [1.82, 2.24) is 9.80 Å². The SMILES string of the molecule is CCCCN(CCCC)C(=O)CN1C[C@H](c2ccc3c(c2)OCO3)[C@H](C(=O)O)[C@H]1C=CC(=O)O. The number of unbranched alkanes of at least 4 members (excludes halogenated alkanes) is 2. The van der Waals surface area contributed by atoms with Crippen LogP contribution in [-0.4, -0.2) is 76.9 Å². The Hall–Kier alpha value is -3.07. The second kappa shape index (κ2) is 11.9. The number of fused-ring (bicyclic) bond motifs is 1. The number of ether oxygens (including phenoxy) is 2. The van der Waals surface area contributed by atoms with Gasteiger partial charge in [0.05, 0.1) is 12.5 Å². The Balaban J connectivity index is 1.88. The van der Waals surface area contributed by atoms with Crippen LogP contribution in [0.5, 0.6) is 11.5 Å². The molecule has 0 bridgehead atoms. The molecule has 34 heavy (non-hydrogen) atoms. The van der Waals surface area contributed by atoms with Gasteiger partial charge in [-0.05, 0) is 30.5 Å². The van der Waals surface area contributed by atoms with Crippen molar-refractivity contribution < 1.29 is 34.1 Å². The van der Waals surface area contributed by atoms with E-state index in [1.54, 1.807) is 17.0 Å². The van der Waals surface area contributed by atoms with E-state index in [2.05, 4.69) is 13.8 Å². The first-order valence-corrected chi connectivity index (χ1v) is 11.9. The number of benzene rings is 1. The lowest BCUT2D eigenvalue weighted by Crippen LogP contribution is -2.44. The Morgan fingerprint density at radius 3 is 2.38 bits per heavy atom. The first kappa shape index (κ1) is 25.6. The van der Waals surface area contributed by atoms with Gasteiger partial charge in [0.1, 0.15) is 0 Å². The third-order valence-electron chi connectivity index (χ3n) is 6.45. The minimum Gasteiger partial charge on any atom is -0.481 e. The normalized spacial score (nSPS) is 21.8.